The maximum atomic E-state index is 4.37. The maximum Gasteiger partial charge on any atom is 0.241 e. The minimum Gasteiger partial charge on any atom is -0.327 e. The minimum absolute atomic E-state index is 0.102. The van der Waals surface area contributed by atoms with Crippen LogP contribution in [0.1, 0.15) is 25.0 Å². The molecule has 0 aliphatic heterocycles. The van der Waals surface area contributed by atoms with Crippen molar-refractivity contribution in [2.45, 2.75) is 25.1 Å². The Morgan fingerprint density at radius 3 is 1.43 bits per heavy atom. The molecule has 4 heteroatoms. The van der Waals surface area contributed by atoms with Crippen molar-refractivity contribution in [3.8, 4) is 0 Å². The first-order valence-corrected chi connectivity index (χ1v) is 17.3. The largest absolute Gasteiger partial charge is 0.327 e. The average Bonchev–Trinajstić information content (AvgIpc) is 3.64. The summed E-state index contributed by atoms with van der Waals surface area (Å²) in [6, 6.07) is 55.1. The van der Waals surface area contributed by atoms with Crippen LogP contribution >= 0.6 is 0 Å². The van der Waals surface area contributed by atoms with Gasteiger partial charge in [0.2, 0.25) is 6.71 Å². The Labute approximate surface area is 266 Å². The van der Waals surface area contributed by atoms with E-state index in [0.717, 1.165) is 0 Å². The van der Waals surface area contributed by atoms with E-state index in [1.165, 1.54) is 33.6 Å². The lowest BCUT2D eigenvalue weighted by Gasteiger charge is -2.37. The summed E-state index contributed by atoms with van der Waals surface area (Å²) in [5.74, 6) is 0.604. The Morgan fingerprint density at radius 1 is 0.659 bits per heavy atom. The van der Waals surface area contributed by atoms with Crippen molar-refractivity contribution < 1.29 is 0 Å². The number of rotatable bonds is 10. The molecule has 0 amide bonds. The lowest BCUT2D eigenvalue weighted by atomic mass is 9.37. The number of nitrogens with zero attached hydrogens (tertiary/aromatic N) is 2. The maximum absolute atomic E-state index is 4.37. The van der Waals surface area contributed by atoms with Gasteiger partial charge in [-0.25, -0.2) is 4.98 Å². The third-order valence-corrected chi connectivity index (χ3v) is 11.4. The van der Waals surface area contributed by atoms with Crippen molar-refractivity contribution in [2.75, 3.05) is 0 Å². The molecule has 0 aliphatic rings. The van der Waals surface area contributed by atoms with Crippen LogP contribution < -0.4 is 16.4 Å². The minimum atomic E-state index is -0.543. The molecule has 0 fully saturated rings. The lowest BCUT2D eigenvalue weighted by molar-refractivity contribution is 0.585. The van der Waals surface area contributed by atoms with Crippen LogP contribution in [0.4, 0.5) is 0 Å². The van der Waals surface area contributed by atoms with Gasteiger partial charge in [-0.05, 0) is 24.0 Å². The summed E-state index contributed by atoms with van der Waals surface area (Å²) in [4.78, 5) is 4.37. The smallest absolute Gasteiger partial charge is 0.241 e. The van der Waals surface area contributed by atoms with Gasteiger partial charge in [-0.1, -0.05) is 193 Å². The zero-order chi connectivity index (χ0) is 30.5. The first-order valence-electron chi connectivity index (χ1n) is 15.6. The third kappa shape index (κ3) is 7.45. The Kier molecular flexibility index (Phi) is 11.0. The van der Waals surface area contributed by atoms with E-state index >= 15 is 0 Å². The molecule has 6 aromatic rings. The monoisotopic (exact) mass is 588 g/mol. The fourth-order valence-electron chi connectivity index (χ4n) is 6.17. The van der Waals surface area contributed by atoms with Crippen LogP contribution in [0.3, 0.4) is 0 Å². The van der Waals surface area contributed by atoms with Gasteiger partial charge in [0.25, 0.3) is 0 Å². The van der Waals surface area contributed by atoms with Gasteiger partial charge in [0, 0.05) is 12.4 Å². The van der Waals surface area contributed by atoms with Crippen molar-refractivity contribution in [2.24, 2.45) is 5.92 Å². The molecule has 2 nitrogen and oxygen atoms in total. The van der Waals surface area contributed by atoms with Crippen LogP contribution in [0.5, 0.6) is 0 Å². The summed E-state index contributed by atoms with van der Waals surface area (Å²) in [6.45, 7) is 4.74. The molecular weight excluding hydrogens is 547 g/mol. The Morgan fingerprint density at radius 2 is 1.07 bits per heavy atom. The molecule has 0 radical (unpaired) electrons. The number of hydrogen-bond donors (Lipinski definition) is 0. The molecule has 0 bridgehead atoms. The molecule has 0 saturated carbocycles. The standard InChI is InChI=1S/C22H26N2Si.C18H15B/c1-3-10-19(2)17-25-22(24-16-15-23-18-24,20-11-6-4-7-12-20)21-13-8-5-9-14-21;1-4-10-16(11-5-1)19(17-12-6-2-7-13-17)18-14-8-3-9-15-18/h3-16,18-19H,17,25H2,1-2H3;1-15H. The molecule has 5 aromatic carbocycles. The van der Waals surface area contributed by atoms with Gasteiger partial charge in [-0.15, -0.1) is 0 Å². The second kappa shape index (κ2) is 15.7. The number of aromatic nitrogens is 2. The third-order valence-electron chi connectivity index (χ3n) is 8.33. The van der Waals surface area contributed by atoms with E-state index in [1.54, 1.807) is 0 Å². The fourth-order valence-corrected chi connectivity index (χ4v) is 8.73. The van der Waals surface area contributed by atoms with Crippen LogP contribution in [0.25, 0.3) is 0 Å². The normalized spacial score (nSPS) is 12.1. The summed E-state index contributed by atoms with van der Waals surface area (Å²) in [5.41, 5.74) is 6.72. The Hall–Kier alpha value is -4.67. The average molecular weight is 589 g/mol. The van der Waals surface area contributed by atoms with E-state index in [4.69, 9.17) is 0 Å². The van der Waals surface area contributed by atoms with Gasteiger partial charge in [0.05, 0.1) is 21.0 Å². The van der Waals surface area contributed by atoms with Crippen LogP contribution in [0, 0.1) is 5.92 Å². The van der Waals surface area contributed by atoms with Crippen molar-refractivity contribution in [3.05, 3.63) is 194 Å². The molecule has 0 aliphatic carbocycles. The predicted octanol–water partition coefficient (Wildman–Crippen LogP) is 6.63. The second-order valence-electron chi connectivity index (χ2n) is 11.3. The fraction of sp³-hybridized carbons (Fsp3) is 0.125. The van der Waals surface area contributed by atoms with E-state index in [0.29, 0.717) is 12.6 Å². The van der Waals surface area contributed by atoms with Gasteiger partial charge in [0.1, 0.15) is 0 Å². The highest BCUT2D eigenvalue weighted by Gasteiger charge is 2.36. The van der Waals surface area contributed by atoms with E-state index in [2.05, 4.69) is 193 Å². The molecule has 1 aromatic heterocycles. The molecule has 1 unspecified atom stereocenters. The first kappa shape index (κ1) is 30.8. The van der Waals surface area contributed by atoms with E-state index in [1.807, 2.05) is 12.5 Å². The highest BCUT2D eigenvalue weighted by molar-refractivity contribution is 6.95. The zero-order valence-electron chi connectivity index (χ0n) is 25.8. The topological polar surface area (TPSA) is 17.8 Å². The highest BCUT2D eigenvalue weighted by atomic mass is 28.2. The molecule has 1 atom stereocenters. The summed E-state index contributed by atoms with van der Waals surface area (Å²) in [7, 11) is -0.543. The lowest BCUT2D eigenvalue weighted by Crippen LogP contribution is -2.51. The quantitative estimate of drug-likeness (QED) is 0.130. The Balaban J connectivity index is 0.000000181. The number of imidazole rings is 1. The number of hydrogen-bond acceptors (Lipinski definition) is 1. The second-order valence-corrected chi connectivity index (χ2v) is 13.4. The SMILES string of the molecule is CC=CC(C)C[SiH2]C(c1ccccc1)(c1ccccc1)n1ccnc1.c1ccc(B(c2ccccc2)c2ccccc2)cc1. The first-order chi connectivity index (χ1) is 21.7. The predicted molar refractivity (Wildman–Crippen MR) is 193 cm³/mol. The van der Waals surface area contributed by atoms with E-state index in [9.17, 15) is 0 Å². The summed E-state index contributed by atoms with van der Waals surface area (Å²) in [5, 5.41) is -0.102. The zero-order valence-corrected chi connectivity index (χ0v) is 27.2. The van der Waals surface area contributed by atoms with Crippen LogP contribution in [0.2, 0.25) is 6.04 Å². The summed E-state index contributed by atoms with van der Waals surface area (Å²) >= 11 is 0. The van der Waals surface area contributed by atoms with Crippen LogP contribution in [-0.2, 0) is 5.16 Å². The van der Waals surface area contributed by atoms with Gasteiger partial charge >= 0.3 is 0 Å². The van der Waals surface area contributed by atoms with Crippen molar-refractivity contribution in [3.63, 3.8) is 0 Å². The molecule has 44 heavy (non-hydrogen) atoms. The van der Waals surface area contributed by atoms with E-state index in [-0.39, 0.29) is 5.16 Å². The van der Waals surface area contributed by atoms with Crippen molar-refractivity contribution in [1.29, 1.82) is 0 Å². The molecular formula is C40H41BN2Si. The molecule has 0 N–H and O–H groups in total. The van der Waals surface area contributed by atoms with Crippen molar-refractivity contribution >= 4 is 32.6 Å². The Bertz CT molecular complexity index is 1520. The van der Waals surface area contributed by atoms with Gasteiger partial charge in [-0.3, -0.25) is 0 Å². The van der Waals surface area contributed by atoms with Gasteiger partial charge in [-0.2, -0.15) is 0 Å². The van der Waals surface area contributed by atoms with E-state index < -0.39 is 9.52 Å². The molecule has 1 heterocycles. The van der Waals surface area contributed by atoms with Gasteiger partial charge in [0.15, 0.2) is 0 Å². The summed E-state index contributed by atoms with van der Waals surface area (Å²) in [6.07, 6.45) is 10.5. The summed E-state index contributed by atoms with van der Waals surface area (Å²) < 4.78 is 2.33. The number of allylic oxidation sites excluding steroid dienone is 2. The highest BCUT2D eigenvalue weighted by Crippen LogP contribution is 2.34. The molecule has 6 rings (SSSR count). The number of benzene rings is 5. The molecule has 218 valence electrons. The molecule has 0 saturated heterocycles. The van der Waals surface area contributed by atoms with Gasteiger partial charge < -0.3 is 4.57 Å². The molecule has 0 spiro atoms. The van der Waals surface area contributed by atoms with Crippen LogP contribution in [0.15, 0.2) is 183 Å². The van der Waals surface area contributed by atoms with Crippen LogP contribution in [-0.4, -0.2) is 25.8 Å². The van der Waals surface area contributed by atoms with Crippen molar-refractivity contribution in [1.82, 2.24) is 9.55 Å².